The molecule has 0 bridgehead atoms. The number of carbonyl (C=O) groups is 1. The lowest BCUT2D eigenvalue weighted by Gasteiger charge is -2.08. The molecule has 0 saturated heterocycles. The SMILES string of the molecule is O=C/C=C/c1c(F)cc(F)cc1-c1ccc(F)cc1. The Kier molecular flexibility index (Phi) is 3.80. The van der Waals surface area contributed by atoms with Crippen LogP contribution in [0.25, 0.3) is 17.2 Å². The zero-order chi connectivity index (χ0) is 13.8. The number of carbonyl (C=O) groups excluding carboxylic acids is 1. The van der Waals surface area contributed by atoms with Crippen molar-refractivity contribution in [1.29, 1.82) is 0 Å². The largest absolute Gasteiger partial charge is 0.299 e. The van der Waals surface area contributed by atoms with Gasteiger partial charge in [-0.3, -0.25) is 4.79 Å². The maximum absolute atomic E-state index is 13.7. The van der Waals surface area contributed by atoms with Crippen molar-refractivity contribution in [2.75, 3.05) is 0 Å². The second-order valence-electron chi connectivity index (χ2n) is 3.85. The van der Waals surface area contributed by atoms with Gasteiger partial charge in [0.25, 0.3) is 0 Å². The van der Waals surface area contributed by atoms with Gasteiger partial charge in [-0.1, -0.05) is 12.1 Å². The highest BCUT2D eigenvalue weighted by Gasteiger charge is 2.11. The van der Waals surface area contributed by atoms with E-state index in [1.807, 2.05) is 0 Å². The van der Waals surface area contributed by atoms with E-state index < -0.39 is 17.5 Å². The number of rotatable bonds is 3. The molecule has 0 radical (unpaired) electrons. The minimum Gasteiger partial charge on any atom is -0.299 e. The van der Waals surface area contributed by atoms with Crippen LogP contribution in [0.3, 0.4) is 0 Å². The first-order valence-electron chi connectivity index (χ1n) is 5.48. The molecule has 0 spiro atoms. The molecule has 2 aromatic rings. The van der Waals surface area contributed by atoms with Gasteiger partial charge in [-0.2, -0.15) is 0 Å². The summed E-state index contributed by atoms with van der Waals surface area (Å²) in [6.45, 7) is 0. The van der Waals surface area contributed by atoms with Crippen LogP contribution in [0.15, 0.2) is 42.5 Å². The molecular formula is C15H9F3O. The first kappa shape index (κ1) is 13.1. The van der Waals surface area contributed by atoms with Crippen molar-refractivity contribution in [2.24, 2.45) is 0 Å². The fourth-order valence-electron chi connectivity index (χ4n) is 1.76. The quantitative estimate of drug-likeness (QED) is 0.604. The second kappa shape index (κ2) is 5.52. The van der Waals surface area contributed by atoms with Crippen molar-refractivity contribution in [1.82, 2.24) is 0 Å². The third-order valence-electron chi connectivity index (χ3n) is 2.59. The second-order valence-corrected chi connectivity index (χ2v) is 3.85. The van der Waals surface area contributed by atoms with Gasteiger partial charge >= 0.3 is 0 Å². The highest BCUT2D eigenvalue weighted by Crippen LogP contribution is 2.28. The topological polar surface area (TPSA) is 17.1 Å². The first-order valence-corrected chi connectivity index (χ1v) is 5.48. The summed E-state index contributed by atoms with van der Waals surface area (Å²) in [6.07, 6.45) is 2.86. The molecule has 0 heterocycles. The van der Waals surface area contributed by atoms with E-state index in [-0.39, 0.29) is 11.1 Å². The molecule has 4 heteroatoms. The Labute approximate surface area is 108 Å². The molecule has 19 heavy (non-hydrogen) atoms. The predicted molar refractivity (Wildman–Crippen MR) is 66.9 cm³/mol. The van der Waals surface area contributed by atoms with Gasteiger partial charge < -0.3 is 0 Å². The lowest BCUT2D eigenvalue weighted by molar-refractivity contribution is -0.104. The van der Waals surface area contributed by atoms with Crippen LogP contribution in [-0.4, -0.2) is 6.29 Å². The Morgan fingerprint density at radius 2 is 1.58 bits per heavy atom. The number of hydrogen-bond donors (Lipinski definition) is 0. The standard InChI is InChI=1S/C15H9F3O/c16-11-5-3-10(4-6-11)14-8-12(17)9-15(18)13(14)2-1-7-19/h1-9H/b2-1+. The van der Waals surface area contributed by atoms with Crippen LogP contribution in [0.2, 0.25) is 0 Å². The highest BCUT2D eigenvalue weighted by atomic mass is 19.1. The maximum atomic E-state index is 13.7. The number of halogens is 3. The van der Waals surface area contributed by atoms with Gasteiger partial charge in [0.05, 0.1) is 0 Å². The molecule has 0 atom stereocenters. The maximum Gasteiger partial charge on any atom is 0.142 e. The van der Waals surface area contributed by atoms with Gasteiger partial charge in [0, 0.05) is 11.6 Å². The summed E-state index contributed by atoms with van der Waals surface area (Å²) < 4.78 is 39.9. The molecule has 2 aromatic carbocycles. The number of allylic oxidation sites excluding steroid dienone is 1. The Balaban J connectivity index is 2.63. The average molecular weight is 262 g/mol. The Bertz CT molecular complexity index is 631. The highest BCUT2D eigenvalue weighted by molar-refractivity contribution is 5.81. The monoisotopic (exact) mass is 262 g/mol. The fraction of sp³-hybridized carbons (Fsp3) is 0. The summed E-state index contributed by atoms with van der Waals surface area (Å²) in [6, 6.07) is 7.11. The molecule has 0 amide bonds. The van der Waals surface area contributed by atoms with Gasteiger partial charge in [-0.05, 0) is 41.5 Å². The van der Waals surface area contributed by atoms with E-state index in [1.54, 1.807) is 0 Å². The van der Waals surface area contributed by atoms with Gasteiger partial charge in [0.2, 0.25) is 0 Å². The van der Waals surface area contributed by atoms with Crippen LogP contribution >= 0.6 is 0 Å². The van der Waals surface area contributed by atoms with E-state index >= 15 is 0 Å². The Hall–Kier alpha value is -2.36. The molecular weight excluding hydrogens is 253 g/mol. The van der Waals surface area contributed by atoms with Crippen LogP contribution in [0.5, 0.6) is 0 Å². The zero-order valence-electron chi connectivity index (χ0n) is 9.74. The molecule has 0 aliphatic carbocycles. The van der Waals surface area contributed by atoms with Crippen molar-refractivity contribution in [3.63, 3.8) is 0 Å². The molecule has 1 nitrogen and oxygen atoms in total. The summed E-state index contributed by atoms with van der Waals surface area (Å²) in [4.78, 5) is 10.3. The van der Waals surface area contributed by atoms with Crippen LogP contribution < -0.4 is 0 Å². The lowest BCUT2D eigenvalue weighted by atomic mass is 9.98. The van der Waals surface area contributed by atoms with E-state index in [0.29, 0.717) is 11.8 Å². The third kappa shape index (κ3) is 2.91. The molecule has 96 valence electrons. The van der Waals surface area contributed by atoms with Crippen LogP contribution in [0, 0.1) is 17.5 Å². The van der Waals surface area contributed by atoms with Crippen molar-refractivity contribution < 1.29 is 18.0 Å². The average Bonchev–Trinajstić information content (AvgIpc) is 2.38. The molecule has 0 N–H and O–H groups in total. The van der Waals surface area contributed by atoms with Crippen LogP contribution in [-0.2, 0) is 4.79 Å². The van der Waals surface area contributed by atoms with Gasteiger partial charge in [-0.15, -0.1) is 0 Å². The van der Waals surface area contributed by atoms with Crippen LogP contribution in [0.1, 0.15) is 5.56 Å². The summed E-state index contributed by atoms with van der Waals surface area (Å²) in [5, 5.41) is 0. The fourth-order valence-corrected chi connectivity index (χ4v) is 1.76. The smallest absolute Gasteiger partial charge is 0.142 e. The van der Waals surface area contributed by atoms with Gasteiger partial charge in [0.15, 0.2) is 0 Å². The molecule has 0 aliphatic rings. The molecule has 2 rings (SSSR count). The minimum atomic E-state index is -0.780. The number of aldehydes is 1. The van der Waals surface area contributed by atoms with Crippen molar-refractivity contribution in [2.45, 2.75) is 0 Å². The zero-order valence-corrected chi connectivity index (χ0v) is 9.74. The van der Waals surface area contributed by atoms with E-state index in [4.69, 9.17) is 0 Å². The van der Waals surface area contributed by atoms with Crippen molar-refractivity contribution in [3.05, 3.63) is 65.5 Å². The molecule has 0 fully saturated rings. The summed E-state index contributed by atoms with van der Waals surface area (Å²) in [5.74, 6) is -1.96. The predicted octanol–water partition coefficient (Wildman–Crippen LogP) is 3.98. The number of benzene rings is 2. The minimum absolute atomic E-state index is 0.0834. The van der Waals surface area contributed by atoms with Gasteiger partial charge in [-0.25, -0.2) is 13.2 Å². The molecule has 0 aromatic heterocycles. The lowest BCUT2D eigenvalue weighted by Crippen LogP contribution is -1.92. The van der Waals surface area contributed by atoms with E-state index in [9.17, 15) is 18.0 Å². The van der Waals surface area contributed by atoms with Gasteiger partial charge in [0.1, 0.15) is 23.7 Å². The van der Waals surface area contributed by atoms with E-state index in [0.717, 1.165) is 18.2 Å². The Morgan fingerprint density at radius 3 is 2.21 bits per heavy atom. The summed E-state index contributed by atoms with van der Waals surface area (Å²) in [5.41, 5.74) is 0.807. The Morgan fingerprint density at radius 1 is 0.895 bits per heavy atom. The molecule has 0 saturated carbocycles. The van der Waals surface area contributed by atoms with E-state index in [1.165, 1.54) is 30.3 Å². The summed E-state index contributed by atoms with van der Waals surface area (Å²) in [7, 11) is 0. The number of hydrogen-bond acceptors (Lipinski definition) is 1. The van der Waals surface area contributed by atoms with Crippen molar-refractivity contribution in [3.8, 4) is 11.1 Å². The molecule has 0 unspecified atom stereocenters. The summed E-state index contributed by atoms with van der Waals surface area (Å²) >= 11 is 0. The van der Waals surface area contributed by atoms with E-state index in [2.05, 4.69) is 0 Å². The normalized spacial score (nSPS) is 10.9. The first-order chi connectivity index (χ1) is 9.11. The van der Waals surface area contributed by atoms with Crippen LogP contribution in [0.4, 0.5) is 13.2 Å². The molecule has 0 aliphatic heterocycles. The third-order valence-corrected chi connectivity index (χ3v) is 2.59. The van der Waals surface area contributed by atoms with Crippen molar-refractivity contribution >= 4 is 12.4 Å².